The van der Waals surface area contributed by atoms with E-state index in [0.717, 1.165) is 18.4 Å². The Labute approximate surface area is 141 Å². The van der Waals surface area contributed by atoms with Crippen LogP contribution in [0.3, 0.4) is 0 Å². The van der Waals surface area contributed by atoms with Gasteiger partial charge in [0.05, 0.1) is 19.6 Å². The molecular formula is C18H23NO5. The third-order valence-corrected chi connectivity index (χ3v) is 5.54. The van der Waals surface area contributed by atoms with Gasteiger partial charge in [-0.15, -0.1) is 0 Å². The average Bonchev–Trinajstić information content (AvgIpc) is 3.12. The van der Waals surface area contributed by atoms with Crippen LogP contribution < -0.4 is 9.47 Å². The van der Waals surface area contributed by atoms with E-state index in [1.165, 1.54) is 7.11 Å². The molecule has 130 valence electrons. The fraction of sp³-hybridized carbons (Fsp3) is 0.556. The van der Waals surface area contributed by atoms with E-state index in [9.17, 15) is 14.7 Å². The van der Waals surface area contributed by atoms with E-state index in [-0.39, 0.29) is 11.8 Å². The molecule has 3 rings (SSSR count). The maximum Gasteiger partial charge on any atom is 0.311 e. The lowest BCUT2D eigenvalue weighted by Gasteiger charge is -2.23. The Hall–Kier alpha value is -2.24. The number of rotatable bonds is 4. The number of aryl methyl sites for hydroxylation is 1. The van der Waals surface area contributed by atoms with Crippen LogP contribution in [0.4, 0.5) is 0 Å². The predicted octanol–water partition coefficient (Wildman–Crippen LogP) is 2.34. The third kappa shape index (κ3) is 2.41. The molecule has 0 bridgehead atoms. The van der Waals surface area contributed by atoms with Crippen LogP contribution in [0.25, 0.3) is 0 Å². The Balaban J connectivity index is 1.90. The van der Waals surface area contributed by atoms with Crippen molar-refractivity contribution < 1.29 is 24.2 Å². The van der Waals surface area contributed by atoms with Crippen LogP contribution >= 0.6 is 0 Å². The Morgan fingerprint density at radius 1 is 1.25 bits per heavy atom. The number of carbonyl (C=O) groups excluding carboxylic acids is 1. The van der Waals surface area contributed by atoms with Crippen molar-refractivity contribution in [3.05, 3.63) is 23.3 Å². The molecule has 2 fully saturated rings. The van der Waals surface area contributed by atoms with Gasteiger partial charge in [0.15, 0.2) is 11.5 Å². The molecule has 1 saturated carbocycles. The van der Waals surface area contributed by atoms with Gasteiger partial charge in [-0.2, -0.15) is 0 Å². The summed E-state index contributed by atoms with van der Waals surface area (Å²) in [5.74, 6) is 0.220. The number of carboxylic acid groups (broad SMARTS) is 1. The third-order valence-electron chi connectivity index (χ3n) is 5.54. The fourth-order valence-corrected chi connectivity index (χ4v) is 4.17. The van der Waals surface area contributed by atoms with E-state index in [4.69, 9.17) is 9.47 Å². The van der Waals surface area contributed by atoms with Crippen molar-refractivity contribution in [1.29, 1.82) is 0 Å². The van der Waals surface area contributed by atoms with Gasteiger partial charge in [0.2, 0.25) is 0 Å². The zero-order valence-corrected chi connectivity index (χ0v) is 14.3. The molecule has 1 amide bonds. The smallest absolute Gasteiger partial charge is 0.311 e. The topological polar surface area (TPSA) is 76.1 Å². The van der Waals surface area contributed by atoms with Crippen LogP contribution in [0.1, 0.15) is 35.2 Å². The first-order chi connectivity index (χ1) is 11.4. The molecule has 2 aliphatic rings. The number of likely N-dealkylation sites (tertiary alicyclic amines) is 1. The number of hydrogen-bond donors (Lipinski definition) is 1. The number of hydrogen-bond acceptors (Lipinski definition) is 4. The molecule has 1 N–H and O–H groups in total. The quantitative estimate of drug-likeness (QED) is 0.915. The van der Waals surface area contributed by atoms with E-state index >= 15 is 0 Å². The number of amides is 1. The lowest BCUT2D eigenvalue weighted by atomic mass is 9.81. The minimum atomic E-state index is -0.774. The Morgan fingerprint density at radius 2 is 1.92 bits per heavy atom. The van der Waals surface area contributed by atoms with Crippen molar-refractivity contribution in [2.45, 2.75) is 26.2 Å². The van der Waals surface area contributed by atoms with Crippen molar-refractivity contribution in [2.75, 3.05) is 27.3 Å². The van der Waals surface area contributed by atoms with Crippen molar-refractivity contribution >= 4 is 11.9 Å². The highest BCUT2D eigenvalue weighted by Gasteiger charge is 2.55. The fourth-order valence-electron chi connectivity index (χ4n) is 4.17. The maximum atomic E-state index is 13.0. The average molecular weight is 333 g/mol. The van der Waals surface area contributed by atoms with E-state index in [2.05, 4.69) is 0 Å². The highest BCUT2D eigenvalue weighted by Crippen LogP contribution is 2.49. The molecule has 6 heteroatoms. The van der Waals surface area contributed by atoms with Gasteiger partial charge >= 0.3 is 5.97 Å². The van der Waals surface area contributed by atoms with Gasteiger partial charge in [0, 0.05) is 18.7 Å². The van der Waals surface area contributed by atoms with E-state index < -0.39 is 11.4 Å². The summed E-state index contributed by atoms with van der Waals surface area (Å²) in [6, 6.07) is 3.45. The molecule has 6 nitrogen and oxygen atoms in total. The Bertz CT molecular complexity index is 686. The van der Waals surface area contributed by atoms with Gasteiger partial charge in [-0.25, -0.2) is 0 Å². The number of fused-ring (bicyclic) bond motifs is 1. The predicted molar refractivity (Wildman–Crippen MR) is 87.6 cm³/mol. The van der Waals surface area contributed by atoms with E-state index in [1.807, 2.05) is 6.92 Å². The molecule has 1 aliphatic heterocycles. The Kier molecular flexibility index (Phi) is 4.15. The first kappa shape index (κ1) is 16.6. The summed E-state index contributed by atoms with van der Waals surface area (Å²) in [4.78, 5) is 26.4. The molecule has 2 atom stereocenters. The molecule has 0 unspecified atom stereocenters. The summed E-state index contributed by atoms with van der Waals surface area (Å²) in [6.45, 7) is 2.65. The molecule has 1 saturated heterocycles. The summed E-state index contributed by atoms with van der Waals surface area (Å²) < 4.78 is 10.5. The summed E-state index contributed by atoms with van der Waals surface area (Å²) >= 11 is 0. The van der Waals surface area contributed by atoms with Gasteiger partial charge in [-0.05, 0) is 43.4 Å². The van der Waals surface area contributed by atoms with Crippen molar-refractivity contribution in [3.8, 4) is 11.5 Å². The van der Waals surface area contributed by atoms with Crippen LogP contribution in [-0.4, -0.2) is 49.2 Å². The Morgan fingerprint density at radius 3 is 2.50 bits per heavy atom. The second-order valence-corrected chi connectivity index (χ2v) is 6.76. The molecule has 1 heterocycles. The molecule has 1 aliphatic carbocycles. The van der Waals surface area contributed by atoms with Gasteiger partial charge in [0.1, 0.15) is 0 Å². The first-order valence-electron chi connectivity index (χ1n) is 8.18. The normalized spacial score (nSPS) is 25.5. The molecule has 1 aromatic rings. The lowest BCUT2D eigenvalue weighted by Crippen LogP contribution is -2.37. The zero-order chi connectivity index (χ0) is 17.5. The van der Waals surface area contributed by atoms with Crippen LogP contribution in [0.5, 0.6) is 11.5 Å². The number of carbonyl (C=O) groups is 2. The summed E-state index contributed by atoms with van der Waals surface area (Å²) in [7, 11) is 3.08. The van der Waals surface area contributed by atoms with Crippen LogP contribution in [-0.2, 0) is 4.79 Å². The van der Waals surface area contributed by atoms with Crippen LogP contribution in [0.2, 0.25) is 0 Å². The highest BCUT2D eigenvalue weighted by atomic mass is 16.5. The van der Waals surface area contributed by atoms with Gasteiger partial charge in [0.25, 0.3) is 5.91 Å². The van der Waals surface area contributed by atoms with Gasteiger partial charge < -0.3 is 19.5 Å². The molecule has 1 aromatic carbocycles. The maximum absolute atomic E-state index is 13.0. The molecule has 0 spiro atoms. The number of ether oxygens (including phenoxy) is 2. The van der Waals surface area contributed by atoms with Crippen LogP contribution in [0, 0.1) is 18.3 Å². The second-order valence-electron chi connectivity index (χ2n) is 6.76. The molecule has 0 radical (unpaired) electrons. The SMILES string of the molecule is COc1cc(C)c(C(=O)N2C[C@@H]3CCC[C@@]3(C(=O)O)C2)cc1OC. The first-order valence-corrected chi connectivity index (χ1v) is 8.18. The number of carboxylic acids is 1. The minimum absolute atomic E-state index is 0.0550. The van der Waals surface area contributed by atoms with E-state index in [0.29, 0.717) is 36.6 Å². The van der Waals surface area contributed by atoms with Gasteiger partial charge in [-0.3, -0.25) is 9.59 Å². The number of nitrogens with zero attached hydrogens (tertiary/aromatic N) is 1. The zero-order valence-electron chi connectivity index (χ0n) is 14.3. The summed E-state index contributed by atoms with van der Waals surface area (Å²) in [5, 5.41) is 9.67. The largest absolute Gasteiger partial charge is 0.493 e. The summed E-state index contributed by atoms with van der Waals surface area (Å²) in [6.07, 6.45) is 2.46. The molecular weight excluding hydrogens is 310 g/mol. The van der Waals surface area contributed by atoms with Crippen LogP contribution in [0.15, 0.2) is 12.1 Å². The number of aliphatic carboxylic acids is 1. The summed E-state index contributed by atoms with van der Waals surface area (Å²) in [5.41, 5.74) is 0.562. The van der Waals surface area contributed by atoms with E-state index in [1.54, 1.807) is 24.1 Å². The van der Waals surface area contributed by atoms with Gasteiger partial charge in [-0.1, -0.05) is 6.42 Å². The number of methoxy groups -OCH3 is 2. The lowest BCUT2D eigenvalue weighted by molar-refractivity contribution is -0.149. The molecule has 0 aromatic heterocycles. The van der Waals surface area contributed by atoms with Crippen molar-refractivity contribution in [3.63, 3.8) is 0 Å². The van der Waals surface area contributed by atoms with Crippen molar-refractivity contribution in [1.82, 2.24) is 4.90 Å². The minimum Gasteiger partial charge on any atom is -0.493 e. The second kappa shape index (κ2) is 6.00. The van der Waals surface area contributed by atoms with Crippen molar-refractivity contribution in [2.24, 2.45) is 11.3 Å². The highest BCUT2D eigenvalue weighted by molar-refractivity contribution is 5.97. The number of benzene rings is 1. The standard InChI is InChI=1S/C18H23NO5/c1-11-7-14(23-2)15(24-3)8-13(11)16(20)19-9-12-5-4-6-18(12,10-19)17(21)22/h7-8,12H,4-6,9-10H2,1-3H3,(H,21,22)/t12-,18+/m0/s1. The molecule has 24 heavy (non-hydrogen) atoms. The monoisotopic (exact) mass is 333 g/mol.